The molecule has 4 fully saturated rings. The summed E-state index contributed by atoms with van der Waals surface area (Å²) < 4.78 is 52.1. The third kappa shape index (κ3) is 4.32. The smallest absolute Gasteiger partial charge is 0.419 e. The summed E-state index contributed by atoms with van der Waals surface area (Å²) in [7, 11) is 0. The summed E-state index contributed by atoms with van der Waals surface area (Å²) in [5.74, 6) is -0.0521. The van der Waals surface area contributed by atoms with Crippen LogP contribution in [-0.4, -0.2) is 18.9 Å². The molecular weight excluding hydrogens is 397 g/mol. The van der Waals surface area contributed by atoms with Crippen LogP contribution in [0.15, 0.2) is 18.2 Å². The Hall–Kier alpha value is -1.76. The quantitative estimate of drug-likeness (QED) is 0.596. The highest BCUT2D eigenvalue weighted by Gasteiger charge is 2.51. The molecule has 1 aromatic carbocycles. The summed E-state index contributed by atoms with van der Waals surface area (Å²) in [6, 6.07) is 2.48. The summed E-state index contributed by atoms with van der Waals surface area (Å²) in [6.45, 7) is 4.11. The second-order valence-electron chi connectivity index (χ2n) is 9.95. The largest absolute Gasteiger partial charge is 0.545 e. The second-order valence-corrected chi connectivity index (χ2v) is 9.95. The maximum atomic E-state index is 13.4. The fraction of sp³-hybridized carbons (Fsp3) is 0.696. The highest BCUT2D eigenvalue weighted by Crippen LogP contribution is 2.60. The molecule has 1 atom stereocenters. The zero-order chi connectivity index (χ0) is 21.7. The molecule has 0 saturated heterocycles. The van der Waals surface area contributed by atoms with Crippen LogP contribution in [0.25, 0.3) is 0 Å². The van der Waals surface area contributed by atoms with Gasteiger partial charge in [0, 0.05) is 11.5 Å². The number of halogens is 3. The highest BCUT2D eigenvalue weighted by molar-refractivity contribution is 5.86. The van der Waals surface area contributed by atoms with Crippen molar-refractivity contribution in [1.82, 2.24) is 0 Å². The molecule has 4 bridgehead atoms. The van der Waals surface area contributed by atoms with Crippen LogP contribution in [0.4, 0.5) is 13.2 Å². The van der Waals surface area contributed by atoms with Gasteiger partial charge in [0.15, 0.2) is 0 Å². The molecule has 7 heteroatoms. The van der Waals surface area contributed by atoms with Crippen molar-refractivity contribution >= 4 is 5.97 Å². The monoisotopic (exact) mass is 425 g/mol. The standard InChI is InChI=1S/C23H29F3O4/c1-13(2)21(29-12-22-9-14-5-15(10-22)7-16(6-14)11-22)30-19-8-17(20(27)28)3-4-18(19)23(24,25)26/h3-4,8,13-16,21H,5-7,9-12H2,1-2H3,(H,27,28)/p-1. The van der Waals surface area contributed by atoms with Crippen molar-refractivity contribution in [3.05, 3.63) is 29.3 Å². The van der Waals surface area contributed by atoms with Gasteiger partial charge in [0.05, 0.1) is 18.1 Å². The topological polar surface area (TPSA) is 58.6 Å². The number of carbonyl (C=O) groups is 1. The lowest BCUT2D eigenvalue weighted by molar-refractivity contribution is -0.255. The summed E-state index contributed by atoms with van der Waals surface area (Å²) in [4.78, 5) is 11.1. The third-order valence-corrected chi connectivity index (χ3v) is 7.03. The van der Waals surface area contributed by atoms with E-state index in [4.69, 9.17) is 9.47 Å². The van der Waals surface area contributed by atoms with Crippen molar-refractivity contribution in [3.63, 3.8) is 0 Å². The minimum atomic E-state index is -4.67. The molecule has 166 valence electrons. The number of hydrogen-bond donors (Lipinski definition) is 0. The van der Waals surface area contributed by atoms with Gasteiger partial charge < -0.3 is 19.4 Å². The SMILES string of the molecule is CC(C)C(OCC12CC3CC(CC(C3)C1)C2)Oc1cc(C(=O)[O-])ccc1C(F)(F)F. The first-order valence-electron chi connectivity index (χ1n) is 10.8. The molecule has 0 amide bonds. The Labute approximate surface area is 174 Å². The van der Waals surface area contributed by atoms with Crippen LogP contribution in [-0.2, 0) is 10.9 Å². The van der Waals surface area contributed by atoms with Crippen molar-refractivity contribution in [2.75, 3.05) is 6.61 Å². The molecule has 4 nitrogen and oxygen atoms in total. The van der Waals surface area contributed by atoms with E-state index in [9.17, 15) is 23.1 Å². The van der Waals surface area contributed by atoms with Gasteiger partial charge in [-0.05, 0) is 73.8 Å². The van der Waals surface area contributed by atoms with Crippen LogP contribution in [0, 0.1) is 29.1 Å². The molecule has 4 aliphatic rings. The number of carboxylic acid groups (broad SMARTS) is 1. The number of ether oxygens (including phenoxy) is 2. The van der Waals surface area contributed by atoms with Crippen LogP contribution < -0.4 is 9.84 Å². The predicted molar refractivity (Wildman–Crippen MR) is 102 cm³/mol. The van der Waals surface area contributed by atoms with E-state index in [1.165, 1.54) is 19.3 Å². The highest BCUT2D eigenvalue weighted by atomic mass is 19.4. The molecule has 30 heavy (non-hydrogen) atoms. The summed E-state index contributed by atoms with van der Waals surface area (Å²) >= 11 is 0. The summed E-state index contributed by atoms with van der Waals surface area (Å²) in [6.07, 6.45) is 1.71. The molecule has 4 saturated carbocycles. The molecule has 0 N–H and O–H groups in total. The molecule has 0 radical (unpaired) electrons. The first-order valence-corrected chi connectivity index (χ1v) is 10.8. The Morgan fingerprint density at radius 1 is 1.13 bits per heavy atom. The van der Waals surface area contributed by atoms with Crippen LogP contribution in [0.5, 0.6) is 5.75 Å². The van der Waals surface area contributed by atoms with Crippen molar-refractivity contribution in [1.29, 1.82) is 0 Å². The van der Waals surface area contributed by atoms with Gasteiger partial charge in [-0.15, -0.1) is 0 Å². The lowest BCUT2D eigenvalue weighted by Crippen LogP contribution is -2.49. The molecule has 1 unspecified atom stereocenters. The third-order valence-electron chi connectivity index (χ3n) is 7.03. The number of hydrogen-bond acceptors (Lipinski definition) is 4. The van der Waals surface area contributed by atoms with E-state index in [1.807, 2.05) is 13.8 Å². The molecule has 0 heterocycles. The minimum absolute atomic E-state index is 0.102. The molecule has 1 aromatic rings. The molecule has 0 aromatic heterocycles. The van der Waals surface area contributed by atoms with Gasteiger partial charge in [0.1, 0.15) is 5.75 Å². The fourth-order valence-electron chi connectivity index (χ4n) is 6.19. The molecule has 0 aliphatic heterocycles. The van der Waals surface area contributed by atoms with E-state index in [1.54, 1.807) is 0 Å². The van der Waals surface area contributed by atoms with Gasteiger partial charge in [0.25, 0.3) is 0 Å². The number of carboxylic acids is 1. The van der Waals surface area contributed by atoms with E-state index in [0.717, 1.165) is 55.2 Å². The number of benzene rings is 1. The van der Waals surface area contributed by atoms with Crippen LogP contribution in [0.3, 0.4) is 0 Å². The van der Waals surface area contributed by atoms with Crippen molar-refractivity contribution in [2.24, 2.45) is 29.1 Å². The average molecular weight is 425 g/mol. The molecule has 5 rings (SSSR count). The summed E-state index contributed by atoms with van der Waals surface area (Å²) in [5.41, 5.74) is -1.27. The molecular formula is C23H28F3O4-. The molecule has 0 spiro atoms. The lowest BCUT2D eigenvalue weighted by atomic mass is 9.50. The molecule has 4 aliphatic carbocycles. The van der Waals surface area contributed by atoms with E-state index < -0.39 is 29.7 Å². The normalized spacial score (nSPS) is 31.2. The number of carbonyl (C=O) groups excluding carboxylic acids is 1. The van der Waals surface area contributed by atoms with E-state index in [2.05, 4.69) is 0 Å². The van der Waals surface area contributed by atoms with E-state index in [-0.39, 0.29) is 16.9 Å². The maximum absolute atomic E-state index is 13.4. The summed E-state index contributed by atoms with van der Waals surface area (Å²) in [5, 5.41) is 11.1. The van der Waals surface area contributed by atoms with Crippen molar-refractivity contribution < 1.29 is 32.5 Å². The first-order chi connectivity index (χ1) is 14.0. The van der Waals surface area contributed by atoms with Crippen molar-refractivity contribution in [2.45, 2.75) is 64.8 Å². The van der Waals surface area contributed by atoms with E-state index >= 15 is 0 Å². The average Bonchev–Trinajstić information content (AvgIpc) is 2.62. The minimum Gasteiger partial charge on any atom is -0.545 e. The number of aromatic carboxylic acids is 1. The Morgan fingerprint density at radius 3 is 2.17 bits per heavy atom. The Kier molecular flexibility index (Phi) is 5.54. The maximum Gasteiger partial charge on any atom is 0.419 e. The van der Waals surface area contributed by atoms with Gasteiger partial charge in [-0.25, -0.2) is 0 Å². The van der Waals surface area contributed by atoms with Gasteiger partial charge in [-0.3, -0.25) is 0 Å². The lowest BCUT2D eigenvalue weighted by Gasteiger charge is -2.56. The van der Waals surface area contributed by atoms with Gasteiger partial charge in [-0.2, -0.15) is 13.2 Å². The fourth-order valence-corrected chi connectivity index (χ4v) is 6.19. The number of alkyl halides is 3. The van der Waals surface area contributed by atoms with Crippen molar-refractivity contribution in [3.8, 4) is 5.75 Å². The second kappa shape index (κ2) is 7.74. The zero-order valence-electron chi connectivity index (χ0n) is 17.3. The Balaban J connectivity index is 1.52. The predicted octanol–water partition coefficient (Wildman–Crippen LogP) is 4.66. The van der Waals surface area contributed by atoms with Gasteiger partial charge >= 0.3 is 6.18 Å². The Bertz CT molecular complexity index is 767. The van der Waals surface area contributed by atoms with E-state index in [0.29, 0.717) is 6.61 Å². The Morgan fingerprint density at radius 2 is 1.70 bits per heavy atom. The van der Waals surface area contributed by atoms with Gasteiger partial charge in [-0.1, -0.05) is 19.9 Å². The number of rotatable bonds is 7. The van der Waals surface area contributed by atoms with Crippen LogP contribution in [0.2, 0.25) is 0 Å². The zero-order valence-corrected chi connectivity index (χ0v) is 17.3. The van der Waals surface area contributed by atoms with Crippen LogP contribution >= 0.6 is 0 Å². The van der Waals surface area contributed by atoms with Gasteiger partial charge in [0.2, 0.25) is 6.29 Å². The first kappa shape index (κ1) is 21.5. The van der Waals surface area contributed by atoms with Crippen LogP contribution in [0.1, 0.15) is 68.3 Å².